The van der Waals surface area contributed by atoms with Gasteiger partial charge in [-0.05, 0) is 37.6 Å². The summed E-state index contributed by atoms with van der Waals surface area (Å²) >= 11 is 19.2. The van der Waals surface area contributed by atoms with E-state index in [1.54, 1.807) is 18.2 Å². The van der Waals surface area contributed by atoms with E-state index in [1.165, 1.54) is 30.0 Å². The lowest BCUT2D eigenvalue weighted by molar-refractivity contribution is -0.384. The highest BCUT2D eigenvalue weighted by atomic mass is 35.5. The van der Waals surface area contributed by atoms with Crippen LogP contribution in [0.2, 0.25) is 15.1 Å². The predicted molar refractivity (Wildman–Crippen MR) is 133 cm³/mol. The number of nitro groups is 1. The van der Waals surface area contributed by atoms with Crippen molar-refractivity contribution in [3.05, 3.63) is 67.4 Å². The van der Waals surface area contributed by atoms with Crippen molar-refractivity contribution >= 4 is 63.8 Å². The van der Waals surface area contributed by atoms with Gasteiger partial charge in [-0.3, -0.25) is 14.9 Å². The summed E-state index contributed by atoms with van der Waals surface area (Å²) in [4.78, 5) is 22.7. The molecule has 13 heteroatoms. The van der Waals surface area contributed by atoms with Crippen LogP contribution in [-0.4, -0.2) is 38.0 Å². The minimum atomic E-state index is -0.554. The van der Waals surface area contributed by atoms with Crippen LogP contribution in [0.5, 0.6) is 5.75 Å². The van der Waals surface area contributed by atoms with Crippen molar-refractivity contribution in [2.75, 3.05) is 17.7 Å². The molecule has 1 heterocycles. The van der Waals surface area contributed by atoms with E-state index in [1.807, 2.05) is 11.5 Å². The van der Waals surface area contributed by atoms with Gasteiger partial charge in [-0.15, -0.1) is 10.2 Å². The second kappa shape index (κ2) is 12.3. The fraction of sp³-hybridized carbons (Fsp3) is 0.286. The topological polar surface area (TPSA) is 112 Å². The van der Waals surface area contributed by atoms with Crippen molar-refractivity contribution < 1.29 is 14.5 Å². The number of benzene rings is 2. The molecule has 0 radical (unpaired) electrons. The molecule has 180 valence electrons. The standard InChI is InChI=1S/C21H20Cl3N5O4S/c1-2-28-19(4-3-9-33-18-8-5-13(22)10-16(18)24)26-27-21(28)34-12-20(30)25-17-11-14(29(31)32)6-7-15(17)23/h5-8,10-11H,2-4,9,12H2,1H3,(H,25,30). The number of anilines is 1. The first kappa shape index (κ1) is 26.1. The first-order chi connectivity index (χ1) is 16.3. The van der Waals surface area contributed by atoms with Crippen LogP contribution in [0.4, 0.5) is 11.4 Å². The first-order valence-corrected chi connectivity index (χ1v) is 12.3. The van der Waals surface area contributed by atoms with E-state index in [2.05, 4.69) is 15.5 Å². The number of aromatic nitrogens is 3. The maximum absolute atomic E-state index is 12.4. The molecule has 9 nitrogen and oxygen atoms in total. The maximum atomic E-state index is 12.4. The van der Waals surface area contributed by atoms with Crippen LogP contribution in [0.25, 0.3) is 0 Å². The SMILES string of the molecule is CCn1c(CCCOc2ccc(Cl)cc2Cl)nnc1SCC(=O)Nc1cc([N+](=O)[O-])ccc1Cl. The number of rotatable bonds is 11. The fourth-order valence-electron chi connectivity index (χ4n) is 2.97. The number of aryl methyl sites for hydroxylation is 1. The van der Waals surface area contributed by atoms with Crippen molar-refractivity contribution in [3.63, 3.8) is 0 Å². The van der Waals surface area contributed by atoms with Crippen molar-refractivity contribution in [2.45, 2.75) is 31.5 Å². The number of nitrogens with one attached hydrogen (secondary N) is 1. The van der Waals surface area contributed by atoms with Crippen molar-refractivity contribution in [1.82, 2.24) is 14.8 Å². The number of hydrogen-bond acceptors (Lipinski definition) is 7. The van der Waals surface area contributed by atoms with Crippen LogP contribution >= 0.6 is 46.6 Å². The monoisotopic (exact) mass is 543 g/mol. The van der Waals surface area contributed by atoms with E-state index in [9.17, 15) is 14.9 Å². The van der Waals surface area contributed by atoms with Crippen molar-refractivity contribution in [3.8, 4) is 5.75 Å². The molecular weight excluding hydrogens is 525 g/mol. The highest BCUT2D eigenvalue weighted by molar-refractivity contribution is 7.99. The number of amides is 1. The Balaban J connectivity index is 1.52. The summed E-state index contributed by atoms with van der Waals surface area (Å²) in [6, 6.07) is 8.92. The lowest BCUT2D eigenvalue weighted by Crippen LogP contribution is -2.15. The number of hydrogen-bond donors (Lipinski definition) is 1. The normalized spacial score (nSPS) is 10.8. The highest BCUT2D eigenvalue weighted by Gasteiger charge is 2.16. The Morgan fingerprint density at radius 2 is 1.97 bits per heavy atom. The third kappa shape index (κ3) is 6.99. The molecule has 0 aliphatic carbocycles. The van der Waals surface area contributed by atoms with E-state index in [0.29, 0.717) is 46.9 Å². The third-order valence-corrected chi connectivity index (χ3v) is 6.40. The van der Waals surface area contributed by atoms with E-state index in [0.717, 1.165) is 5.82 Å². The molecule has 0 atom stereocenters. The zero-order chi connectivity index (χ0) is 24.7. The number of non-ortho nitro benzene ring substituents is 1. The van der Waals surface area contributed by atoms with Crippen molar-refractivity contribution in [2.24, 2.45) is 0 Å². The lowest BCUT2D eigenvalue weighted by atomic mass is 10.3. The van der Waals surface area contributed by atoms with Crippen LogP contribution in [0, 0.1) is 10.1 Å². The smallest absolute Gasteiger partial charge is 0.271 e. The first-order valence-electron chi connectivity index (χ1n) is 10.1. The van der Waals surface area contributed by atoms with Gasteiger partial charge in [-0.1, -0.05) is 46.6 Å². The number of thioether (sulfide) groups is 1. The Hall–Kier alpha value is -2.53. The van der Waals surface area contributed by atoms with E-state index < -0.39 is 4.92 Å². The summed E-state index contributed by atoms with van der Waals surface area (Å²) in [7, 11) is 0. The molecule has 0 aliphatic heterocycles. The summed E-state index contributed by atoms with van der Waals surface area (Å²) in [6.07, 6.45) is 1.32. The molecule has 1 aromatic heterocycles. The lowest BCUT2D eigenvalue weighted by Gasteiger charge is -2.10. The summed E-state index contributed by atoms with van der Waals surface area (Å²) in [5.74, 6) is 1.01. The molecule has 0 fully saturated rings. The Kier molecular flexibility index (Phi) is 9.40. The average Bonchev–Trinajstić information content (AvgIpc) is 3.19. The number of halogens is 3. The van der Waals surface area contributed by atoms with Gasteiger partial charge in [0, 0.05) is 30.1 Å². The fourth-order valence-corrected chi connectivity index (χ4v) is 4.42. The number of carbonyl (C=O) groups excluding carboxylic acids is 1. The average molecular weight is 545 g/mol. The van der Waals surface area contributed by atoms with Gasteiger partial charge in [0.2, 0.25) is 5.91 Å². The van der Waals surface area contributed by atoms with Crippen LogP contribution in [-0.2, 0) is 17.8 Å². The Labute approximate surface area is 214 Å². The van der Waals surface area contributed by atoms with Crippen LogP contribution in [0.1, 0.15) is 19.2 Å². The number of ether oxygens (including phenoxy) is 1. The van der Waals surface area contributed by atoms with Gasteiger partial charge < -0.3 is 14.6 Å². The van der Waals surface area contributed by atoms with Crippen molar-refractivity contribution in [1.29, 1.82) is 0 Å². The zero-order valence-electron chi connectivity index (χ0n) is 18.0. The molecule has 0 bridgehead atoms. The molecule has 1 amide bonds. The summed E-state index contributed by atoms with van der Waals surface area (Å²) in [6.45, 7) is 3.03. The largest absolute Gasteiger partial charge is 0.492 e. The molecule has 0 unspecified atom stereocenters. The molecular formula is C21H20Cl3N5O4S. The van der Waals surface area contributed by atoms with Gasteiger partial charge in [0.1, 0.15) is 11.6 Å². The van der Waals surface area contributed by atoms with Gasteiger partial charge in [0.05, 0.1) is 33.0 Å². The van der Waals surface area contributed by atoms with Crippen LogP contribution < -0.4 is 10.1 Å². The van der Waals surface area contributed by atoms with Gasteiger partial charge in [0.25, 0.3) is 5.69 Å². The molecule has 0 spiro atoms. The minimum Gasteiger partial charge on any atom is -0.492 e. The van der Waals surface area contributed by atoms with Gasteiger partial charge in [0.15, 0.2) is 5.16 Å². The molecule has 0 aliphatic rings. The molecule has 0 saturated heterocycles. The molecule has 2 aromatic carbocycles. The number of carbonyl (C=O) groups is 1. The Morgan fingerprint density at radius 1 is 1.18 bits per heavy atom. The molecule has 1 N–H and O–H groups in total. The second-order valence-corrected chi connectivity index (χ2v) is 9.12. The molecule has 3 aromatic rings. The summed E-state index contributed by atoms with van der Waals surface area (Å²) < 4.78 is 7.63. The maximum Gasteiger partial charge on any atom is 0.271 e. The Bertz CT molecular complexity index is 1190. The summed E-state index contributed by atoms with van der Waals surface area (Å²) in [5, 5.41) is 23.8. The molecule has 34 heavy (non-hydrogen) atoms. The van der Waals surface area contributed by atoms with Gasteiger partial charge in [-0.25, -0.2) is 0 Å². The zero-order valence-corrected chi connectivity index (χ0v) is 21.0. The van der Waals surface area contributed by atoms with Crippen LogP contribution in [0.15, 0.2) is 41.6 Å². The second-order valence-electron chi connectivity index (χ2n) is 6.93. The van der Waals surface area contributed by atoms with Crippen LogP contribution in [0.3, 0.4) is 0 Å². The van der Waals surface area contributed by atoms with Gasteiger partial charge >= 0.3 is 0 Å². The molecule has 3 rings (SSSR count). The summed E-state index contributed by atoms with van der Waals surface area (Å²) in [5.41, 5.74) is 0.0185. The highest BCUT2D eigenvalue weighted by Crippen LogP contribution is 2.28. The number of nitro benzene ring substituents is 1. The number of nitrogens with zero attached hydrogens (tertiary/aromatic N) is 4. The third-order valence-electron chi connectivity index (χ3n) is 4.57. The predicted octanol–water partition coefficient (Wildman–Crippen LogP) is 5.91. The quantitative estimate of drug-likeness (QED) is 0.138. The molecule has 0 saturated carbocycles. The van der Waals surface area contributed by atoms with E-state index in [4.69, 9.17) is 39.5 Å². The Morgan fingerprint density at radius 3 is 2.68 bits per heavy atom. The minimum absolute atomic E-state index is 0.0370. The van der Waals surface area contributed by atoms with E-state index in [-0.39, 0.29) is 28.1 Å². The van der Waals surface area contributed by atoms with Gasteiger partial charge in [-0.2, -0.15) is 0 Å². The van der Waals surface area contributed by atoms with E-state index >= 15 is 0 Å².